The first kappa shape index (κ1) is 16.3. The Morgan fingerprint density at radius 3 is 2.67 bits per heavy atom. The number of nitrogens with zero attached hydrogens (tertiary/aromatic N) is 1. The summed E-state index contributed by atoms with van der Waals surface area (Å²) >= 11 is 2.02. The minimum absolute atomic E-state index is 0.523. The molecular weight excluding hydrogens is 244 g/mol. The minimum Gasteiger partial charge on any atom is -0.383 e. The second-order valence-electron chi connectivity index (χ2n) is 5.18. The third-order valence-corrected chi connectivity index (χ3v) is 4.85. The largest absolute Gasteiger partial charge is 0.383 e. The number of nitrogens with two attached hydrogens (primary N) is 1. The van der Waals surface area contributed by atoms with Crippen LogP contribution in [0.4, 0.5) is 0 Å². The van der Waals surface area contributed by atoms with Crippen LogP contribution in [-0.4, -0.2) is 55.3 Å². The molecule has 1 aliphatic rings. The first-order chi connectivity index (χ1) is 8.74. The highest BCUT2D eigenvalue weighted by atomic mass is 32.2. The van der Waals surface area contributed by atoms with Crippen LogP contribution < -0.4 is 5.73 Å². The van der Waals surface area contributed by atoms with E-state index in [1.807, 2.05) is 11.8 Å². The Morgan fingerprint density at radius 1 is 1.44 bits per heavy atom. The predicted octanol–water partition coefficient (Wildman–Crippen LogP) is 2.20. The second kappa shape index (κ2) is 9.18. The monoisotopic (exact) mass is 274 g/mol. The molecule has 1 rings (SSSR count). The molecule has 2 N–H and O–H groups in total. The van der Waals surface area contributed by atoms with Crippen LogP contribution in [0.1, 0.15) is 33.1 Å². The summed E-state index contributed by atoms with van der Waals surface area (Å²) in [5, 5.41) is 0. The van der Waals surface area contributed by atoms with Crippen molar-refractivity contribution in [1.82, 2.24) is 4.90 Å². The van der Waals surface area contributed by atoms with Crippen molar-refractivity contribution >= 4 is 11.8 Å². The summed E-state index contributed by atoms with van der Waals surface area (Å²) in [6, 6.07) is 1.19. The molecule has 0 aromatic carbocycles. The molecule has 3 nitrogen and oxygen atoms in total. The van der Waals surface area contributed by atoms with Gasteiger partial charge in [0.1, 0.15) is 0 Å². The van der Waals surface area contributed by atoms with Gasteiger partial charge in [-0.3, -0.25) is 4.90 Å². The predicted molar refractivity (Wildman–Crippen MR) is 81.2 cm³/mol. The van der Waals surface area contributed by atoms with E-state index in [9.17, 15) is 0 Å². The zero-order valence-electron chi connectivity index (χ0n) is 12.2. The molecule has 0 heterocycles. The van der Waals surface area contributed by atoms with Gasteiger partial charge >= 0.3 is 0 Å². The van der Waals surface area contributed by atoms with E-state index in [4.69, 9.17) is 10.5 Å². The summed E-state index contributed by atoms with van der Waals surface area (Å²) < 4.78 is 5.26. The van der Waals surface area contributed by atoms with E-state index in [1.54, 1.807) is 7.11 Å². The van der Waals surface area contributed by atoms with E-state index in [1.165, 1.54) is 30.8 Å². The van der Waals surface area contributed by atoms with Crippen LogP contribution in [0, 0.1) is 5.92 Å². The molecule has 1 fully saturated rings. The zero-order chi connectivity index (χ0) is 13.4. The smallest absolute Gasteiger partial charge is 0.0589 e. The summed E-state index contributed by atoms with van der Waals surface area (Å²) in [5.41, 5.74) is 5.99. The Bertz CT molecular complexity index is 212. The van der Waals surface area contributed by atoms with E-state index in [0.717, 1.165) is 25.6 Å². The fourth-order valence-corrected chi connectivity index (χ4v) is 3.28. The maximum absolute atomic E-state index is 5.99. The Labute approximate surface area is 117 Å². The summed E-state index contributed by atoms with van der Waals surface area (Å²) in [6.07, 6.45) is 3.99. The van der Waals surface area contributed by atoms with Crippen molar-refractivity contribution in [2.24, 2.45) is 11.7 Å². The number of rotatable bonds is 11. The zero-order valence-corrected chi connectivity index (χ0v) is 13.0. The van der Waals surface area contributed by atoms with Crippen LogP contribution in [0.5, 0.6) is 0 Å². The Morgan fingerprint density at radius 2 is 2.17 bits per heavy atom. The summed E-state index contributed by atoms with van der Waals surface area (Å²) in [7, 11) is 1.78. The van der Waals surface area contributed by atoms with Gasteiger partial charge in [-0.2, -0.15) is 11.8 Å². The van der Waals surface area contributed by atoms with Gasteiger partial charge in [-0.15, -0.1) is 0 Å². The second-order valence-corrected chi connectivity index (χ2v) is 6.58. The quantitative estimate of drug-likeness (QED) is 0.586. The van der Waals surface area contributed by atoms with Crippen molar-refractivity contribution in [3.8, 4) is 0 Å². The van der Waals surface area contributed by atoms with E-state index in [2.05, 4.69) is 18.7 Å². The van der Waals surface area contributed by atoms with Crippen LogP contribution in [0.3, 0.4) is 0 Å². The lowest BCUT2D eigenvalue weighted by atomic mass is 10.1. The first-order valence-electron chi connectivity index (χ1n) is 7.27. The number of methoxy groups -OCH3 is 1. The highest BCUT2D eigenvalue weighted by Crippen LogP contribution is 2.36. The fourth-order valence-electron chi connectivity index (χ4n) is 2.55. The summed E-state index contributed by atoms with van der Waals surface area (Å²) in [6.45, 7) is 7.19. The Balaban J connectivity index is 2.47. The van der Waals surface area contributed by atoms with Crippen LogP contribution in [0.15, 0.2) is 0 Å². The lowest BCUT2D eigenvalue weighted by molar-refractivity contribution is 0.0825. The fraction of sp³-hybridized carbons (Fsp3) is 1.00. The number of hydrogen-bond donors (Lipinski definition) is 1. The molecule has 0 bridgehead atoms. The van der Waals surface area contributed by atoms with Gasteiger partial charge in [0.25, 0.3) is 0 Å². The van der Waals surface area contributed by atoms with Gasteiger partial charge in [-0.05, 0) is 43.6 Å². The molecule has 1 aliphatic carbocycles. The number of thioether (sulfide) groups is 1. The molecule has 1 saturated carbocycles. The molecule has 2 atom stereocenters. The van der Waals surface area contributed by atoms with Crippen molar-refractivity contribution in [3.05, 3.63) is 0 Å². The normalized spacial score (nSPS) is 19.2. The maximum atomic E-state index is 5.99. The number of ether oxygens (including phenoxy) is 1. The maximum Gasteiger partial charge on any atom is 0.0589 e. The average Bonchev–Trinajstić information content (AvgIpc) is 3.21. The average molecular weight is 274 g/mol. The van der Waals surface area contributed by atoms with Gasteiger partial charge in [0.2, 0.25) is 0 Å². The molecule has 0 aromatic heterocycles. The third-order valence-electron chi connectivity index (χ3n) is 3.92. The molecule has 0 amide bonds. The van der Waals surface area contributed by atoms with E-state index >= 15 is 0 Å². The Hall–Kier alpha value is 0.230. The van der Waals surface area contributed by atoms with Gasteiger partial charge in [-0.1, -0.05) is 6.92 Å². The molecule has 18 heavy (non-hydrogen) atoms. The van der Waals surface area contributed by atoms with E-state index < -0.39 is 0 Å². The van der Waals surface area contributed by atoms with Crippen molar-refractivity contribution in [2.45, 2.75) is 45.2 Å². The highest BCUT2D eigenvalue weighted by Gasteiger charge is 2.34. The molecule has 0 radical (unpaired) electrons. The Kier molecular flexibility index (Phi) is 8.31. The summed E-state index contributed by atoms with van der Waals surface area (Å²) in [5.74, 6) is 3.32. The van der Waals surface area contributed by atoms with Gasteiger partial charge in [0.15, 0.2) is 0 Å². The van der Waals surface area contributed by atoms with Crippen molar-refractivity contribution in [1.29, 1.82) is 0 Å². The van der Waals surface area contributed by atoms with Gasteiger partial charge < -0.3 is 10.5 Å². The van der Waals surface area contributed by atoms with Crippen LogP contribution in [-0.2, 0) is 4.74 Å². The molecule has 0 saturated heterocycles. The minimum atomic E-state index is 0.523. The standard InChI is InChI=1S/C14H30N2OS/c1-4-18-10-7-14(11-15)16(8-9-17-3)12(2)13-5-6-13/h12-14H,4-11,15H2,1-3H3. The van der Waals surface area contributed by atoms with Crippen molar-refractivity contribution < 1.29 is 4.74 Å². The van der Waals surface area contributed by atoms with Gasteiger partial charge in [0, 0.05) is 32.3 Å². The molecule has 108 valence electrons. The highest BCUT2D eigenvalue weighted by molar-refractivity contribution is 7.99. The lowest BCUT2D eigenvalue weighted by Gasteiger charge is -2.36. The lowest BCUT2D eigenvalue weighted by Crippen LogP contribution is -2.48. The SMILES string of the molecule is CCSCCC(CN)N(CCOC)C(C)C1CC1. The van der Waals surface area contributed by atoms with E-state index in [0.29, 0.717) is 12.1 Å². The molecule has 0 aromatic rings. The van der Waals surface area contributed by atoms with Crippen molar-refractivity contribution in [2.75, 3.05) is 38.3 Å². The summed E-state index contributed by atoms with van der Waals surface area (Å²) in [4.78, 5) is 2.59. The molecule has 4 heteroatoms. The molecular formula is C14H30N2OS. The molecule has 2 unspecified atom stereocenters. The van der Waals surface area contributed by atoms with E-state index in [-0.39, 0.29) is 0 Å². The van der Waals surface area contributed by atoms with Crippen LogP contribution in [0.25, 0.3) is 0 Å². The molecule has 0 spiro atoms. The van der Waals surface area contributed by atoms with Gasteiger partial charge in [-0.25, -0.2) is 0 Å². The van der Waals surface area contributed by atoms with Crippen molar-refractivity contribution in [3.63, 3.8) is 0 Å². The third kappa shape index (κ3) is 5.47. The van der Waals surface area contributed by atoms with Gasteiger partial charge in [0.05, 0.1) is 6.61 Å². The number of hydrogen-bond acceptors (Lipinski definition) is 4. The first-order valence-corrected chi connectivity index (χ1v) is 8.42. The molecule has 0 aliphatic heterocycles. The van der Waals surface area contributed by atoms with Crippen LogP contribution in [0.2, 0.25) is 0 Å². The van der Waals surface area contributed by atoms with Crippen LogP contribution >= 0.6 is 11.8 Å². The topological polar surface area (TPSA) is 38.5 Å².